The number of nitrogens with zero attached hydrogens (tertiary/aromatic N) is 3. The molecular formula is C21H24N4O4S. The fraction of sp³-hybridized carbons (Fsp3) is 0.333. The summed E-state index contributed by atoms with van der Waals surface area (Å²) in [5, 5.41) is 8.21. The lowest BCUT2D eigenvalue weighted by atomic mass is 10.1. The van der Waals surface area contributed by atoms with E-state index < -0.39 is 0 Å². The van der Waals surface area contributed by atoms with Gasteiger partial charge in [0.15, 0.2) is 11.5 Å². The third-order valence-electron chi connectivity index (χ3n) is 4.46. The summed E-state index contributed by atoms with van der Waals surface area (Å²) in [5.74, 6) is 1.03. The molecule has 9 heteroatoms. The van der Waals surface area contributed by atoms with E-state index in [1.807, 2.05) is 19.9 Å². The van der Waals surface area contributed by atoms with Crippen LogP contribution < -0.4 is 20.3 Å². The second kappa shape index (κ2) is 9.53. The topological polar surface area (TPSA) is 95.3 Å². The first-order valence-electron chi connectivity index (χ1n) is 9.41. The van der Waals surface area contributed by atoms with Crippen molar-refractivity contribution in [2.45, 2.75) is 26.8 Å². The molecule has 2 heterocycles. The molecule has 2 aromatic heterocycles. The molecular weight excluding hydrogens is 404 g/mol. The van der Waals surface area contributed by atoms with Crippen LogP contribution in [0.5, 0.6) is 11.5 Å². The minimum Gasteiger partial charge on any atom is -0.493 e. The fourth-order valence-electron chi connectivity index (χ4n) is 3.04. The Morgan fingerprint density at radius 3 is 2.57 bits per heavy atom. The van der Waals surface area contributed by atoms with Gasteiger partial charge in [0.25, 0.3) is 5.56 Å². The van der Waals surface area contributed by atoms with E-state index in [1.54, 1.807) is 32.4 Å². The molecule has 0 aliphatic heterocycles. The zero-order valence-electron chi connectivity index (χ0n) is 17.4. The maximum atomic E-state index is 12.3. The van der Waals surface area contributed by atoms with Gasteiger partial charge in [-0.1, -0.05) is 6.07 Å². The maximum Gasteiger partial charge on any atom is 0.266 e. The van der Waals surface area contributed by atoms with Gasteiger partial charge >= 0.3 is 0 Å². The third-order valence-corrected chi connectivity index (χ3v) is 5.56. The average Bonchev–Trinajstić information content (AvgIpc) is 3.07. The van der Waals surface area contributed by atoms with Crippen LogP contribution in [0.2, 0.25) is 0 Å². The normalized spacial score (nSPS) is 10.7. The lowest BCUT2D eigenvalue weighted by Gasteiger charge is -2.10. The van der Waals surface area contributed by atoms with E-state index in [2.05, 4.69) is 15.4 Å². The van der Waals surface area contributed by atoms with Gasteiger partial charge in [-0.3, -0.25) is 9.59 Å². The molecule has 0 bridgehead atoms. The van der Waals surface area contributed by atoms with E-state index in [4.69, 9.17) is 9.47 Å². The van der Waals surface area contributed by atoms with E-state index >= 15 is 0 Å². The maximum absolute atomic E-state index is 12.3. The van der Waals surface area contributed by atoms with Crippen LogP contribution in [0.15, 0.2) is 35.1 Å². The van der Waals surface area contributed by atoms with Gasteiger partial charge < -0.3 is 14.8 Å². The minimum atomic E-state index is -0.216. The van der Waals surface area contributed by atoms with Gasteiger partial charge in [-0.15, -0.1) is 11.3 Å². The highest BCUT2D eigenvalue weighted by Gasteiger charge is 2.11. The number of aryl methyl sites for hydroxylation is 2. The highest BCUT2D eigenvalue weighted by molar-refractivity contribution is 7.15. The number of thiazole rings is 1. The van der Waals surface area contributed by atoms with E-state index in [0.29, 0.717) is 23.7 Å². The summed E-state index contributed by atoms with van der Waals surface area (Å²) in [7, 11) is 3.11. The molecule has 1 amide bonds. The molecule has 0 saturated carbocycles. The van der Waals surface area contributed by atoms with Crippen molar-refractivity contribution in [2.24, 2.45) is 0 Å². The van der Waals surface area contributed by atoms with E-state index in [1.165, 1.54) is 22.1 Å². The molecule has 0 spiro atoms. The standard InChI is InChI=1S/C21H24N4O4S/c1-13-21(30-14(2)23-13)16-6-8-20(27)25(24-16)10-9-22-19(26)12-15-5-7-17(28-3)18(11-15)29-4/h5-8,11H,9-10,12H2,1-4H3,(H,22,26). The summed E-state index contributed by atoms with van der Waals surface area (Å²) >= 11 is 1.54. The number of hydrogen-bond donors (Lipinski definition) is 1. The van der Waals surface area contributed by atoms with Crippen LogP contribution >= 0.6 is 11.3 Å². The number of amides is 1. The summed E-state index contributed by atoms with van der Waals surface area (Å²) in [6, 6.07) is 8.54. The number of aromatic nitrogens is 3. The van der Waals surface area contributed by atoms with Crippen molar-refractivity contribution in [3.05, 3.63) is 57.0 Å². The Balaban J connectivity index is 1.61. The third kappa shape index (κ3) is 5.04. The van der Waals surface area contributed by atoms with Crippen molar-refractivity contribution >= 4 is 17.2 Å². The first-order valence-corrected chi connectivity index (χ1v) is 10.2. The van der Waals surface area contributed by atoms with E-state index in [9.17, 15) is 9.59 Å². The Kier molecular flexibility index (Phi) is 6.83. The monoisotopic (exact) mass is 428 g/mol. The molecule has 0 unspecified atom stereocenters. The number of benzene rings is 1. The number of carbonyl (C=O) groups excluding carboxylic acids is 1. The number of nitrogens with one attached hydrogen (secondary N) is 1. The van der Waals surface area contributed by atoms with Gasteiger partial charge in [0.2, 0.25) is 5.91 Å². The summed E-state index contributed by atoms with van der Waals surface area (Å²) in [6.07, 6.45) is 0.196. The van der Waals surface area contributed by atoms with Crippen LogP contribution in [0, 0.1) is 13.8 Å². The molecule has 0 atom stereocenters. The van der Waals surface area contributed by atoms with Gasteiger partial charge in [-0.2, -0.15) is 5.10 Å². The first-order chi connectivity index (χ1) is 14.4. The Bertz CT molecular complexity index is 1110. The highest BCUT2D eigenvalue weighted by Crippen LogP contribution is 2.28. The molecule has 158 valence electrons. The second-order valence-electron chi connectivity index (χ2n) is 6.64. The average molecular weight is 429 g/mol. The van der Waals surface area contributed by atoms with Crippen LogP contribution in [0.4, 0.5) is 0 Å². The fourth-order valence-corrected chi connectivity index (χ4v) is 3.92. The molecule has 0 saturated heterocycles. The second-order valence-corrected chi connectivity index (χ2v) is 7.85. The molecule has 0 aliphatic rings. The number of rotatable bonds is 8. The van der Waals surface area contributed by atoms with Gasteiger partial charge in [-0.05, 0) is 37.6 Å². The van der Waals surface area contributed by atoms with Crippen molar-refractivity contribution in [3.8, 4) is 22.1 Å². The van der Waals surface area contributed by atoms with Gasteiger partial charge in [-0.25, -0.2) is 9.67 Å². The zero-order valence-corrected chi connectivity index (χ0v) is 18.2. The van der Waals surface area contributed by atoms with Gasteiger partial charge in [0, 0.05) is 12.6 Å². The smallest absolute Gasteiger partial charge is 0.266 e. The lowest BCUT2D eigenvalue weighted by molar-refractivity contribution is -0.120. The van der Waals surface area contributed by atoms with E-state index in [0.717, 1.165) is 21.1 Å². The molecule has 3 rings (SSSR count). The number of ether oxygens (including phenoxy) is 2. The van der Waals surface area contributed by atoms with E-state index in [-0.39, 0.29) is 24.4 Å². The molecule has 0 radical (unpaired) electrons. The highest BCUT2D eigenvalue weighted by atomic mass is 32.1. The predicted octanol–water partition coefficient (Wildman–Crippen LogP) is 2.36. The van der Waals surface area contributed by atoms with Crippen LogP contribution in [0.25, 0.3) is 10.6 Å². The first kappa shape index (κ1) is 21.5. The van der Waals surface area contributed by atoms with Crippen LogP contribution in [0.1, 0.15) is 16.3 Å². The van der Waals surface area contributed by atoms with Gasteiger partial charge in [0.05, 0.1) is 42.8 Å². The Hall–Kier alpha value is -3.20. The Morgan fingerprint density at radius 2 is 1.90 bits per heavy atom. The van der Waals surface area contributed by atoms with Crippen LogP contribution in [-0.4, -0.2) is 41.4 Å². The molecule has 30 heavy (non-hydrogen) atoms. The largest absolute Gasteiger partial charge is 0.493 e. The number of hydrogen-bond acceptors (Lipinski definition) is 7. The van der Waals surface area contributed by atoms with Crippen LogP contribution in [-0.2, 0) is 17.8 Å². The molecule has 0 fully saturated rings. The summed E-state index contributed by atoms with van der Waals surface area (Å²) in [6.45, 7) is 4.43. The number of methoxy groups -OCH3 is 2. The zero-order chi connectivity index (χ0) is 21.7. The minimum absolute atomic E-state index is 0.152. The lowest BCUT2D eigenvalue weighted by Crippen LogP contribution is -2.32. The van der Waals surface area contributed by atoms with Crippen molar-refractivity contribution in [2.75, 3.05) is 20.8 Å². The van der Waals surface area contributed by atoms with Gasteiger partial charge in [0.1, 0.15) is 5.69 Å². The molecule has 3 aromatic rings. The molecule has 0 aliphatic carbocycles. The SMILES string of the molecule is COc1ccc(CC(=O)NCCn2nc(-c3sc(C)nc3C)ccc2=O)cc1OC. The van der Waals surface area contributed by atoms with Crippen molar-refractivity contribution in [1.29, 1.82) is 0 Å². The van der Waals surface area contributed by atoms with Crippen molar-refractivity contribution < 1.29 is 14.3 Å². The molecule has 1 aromatic carbocycles. The molecule has 8 nitrogen and oxygen atoms in total. The van der Waals surface area contributed by atoms with Crippen LogP contribution in [0.3, 0.4) is 0 Å². The van der Waals surface area contributed by atoms with Crippen molar-refractivity contribution in [3.63, 3.8) is 0 Å². The Morgan fingerprint density at radius 1 is 1.13 bits per heavy atom. The molecule has 1 N–H and O–H groups in total. The Labute approximate surface area is 178 Å². The summed E-state index contributed by atoms with van der Waals surface area (Å²) in [5.41, 5.74) is 2.18. The number of carbonyl (C=O) groups is 1. The predicted molar refractivity (Wildman–Crippen MR) is 115 cm³/mol. The van der Waals surface area contributed by atoms with Crippen molar-refractivity contribution in [1.82, 2.24) is 20.1 Å². The quantitative estimate of drug-likeness (QED) is 0.592. The summed E-state index contributed by atoms with van der Waals surface area (Å²) < 4.78 is 11.8. The summed E-state index contributed by atoms with van der Waals surface area (Å²) in [4.78, 5) is 29.8.